The Bertz CT molecular complexity index is 310. The molecule has 0 saturated heterocycles. The van der Waals surface area contributed by atoms with Crippen molar-refractivity contribution in [2.75, 3.05) is 7.11 Å². The summed E-state index contributed by atoms with van der Waals surface area (Å²) >= 11 is 0. The van der Waals surface area contributed by atoms with E-state index in [2.05, 4.69) is 0 Å². The van der Waals surface area contributed by atoms with Crippen LogP contribution in [0.3, 0.4) is 0 Å². The minimum absolute atomic E-state index is 0.0135. The summed E-state index contributed by atoms with van der Waals surface area (Å²) in [7, 11) is 1.59. The number of ketones is 1. The first kappa shape index (κ1) is 11.2. The van der Waals surface area contributed by atoms with E-state index in [1.165, 1.54) is 0 Å². The normalized spacial score (nSPS) is 26.4. The summed E-state index contributed by atoms with van der Waals surface area (Å²) in [4.78, 5) is 12.0. The van der Waals surface area contributed by atoms with Gasteiger partial charge in [0.25, 0.3) is 0 Å². The maximum Gasteiger partial charge on any atom is 0.175 e. The molecule has 1 aliphatic carbocycles. The van der Waals surface area contributed by atoms with Crippen LogP contribution in [0.5, 0.6) is 0 Å². The minimum Gasteiger partial charge on any atom is -0.362 e. The first-order chi connectivity index (χ1) is 6.45. The van der Waals surface area contributed by atoms with Gasteiger partial charge >= 0.3 is 0 Å². The predicted molar refractivity (Wildman–Crippen MR) is 57.1 cm³/mol. The van der Waals surface area contributed by atoms with Crippen molar-refractivity contribution in [1.29, 1.82) is 0 Å². The number of allylic oxidation sites excluding steroid dienone is 2. The fourth-order valence-electron chi connectivity index (χ4n) is 1.80. The van der Waals surface area contributed by atoms with Crippen LogP contribution in [0.25, 0.3) is 0 Å². The molecule has 1 rings (SSSR count). The Balaban J connectivity index is 3.14. The van der Waals surface area contributed by atoms with Crippen molar-refractivity contribution >= 4 is 5.78 Å². The van der Waals surface area contributed by atoms with Gasteiger partial charge in [0.15, 0.2) is 11.4 Å². The molecule has 1 unspecified atom stereocenters. The molecule has 0 heterocycles. The first-order valence-electron chi connectivity index (χ1n) is 4.92. The molecule has 0 aliphatic heterocycles. The summed E-state index contributed by atoms with van der Waals surface area (Å²) in [5.74, 6) is 0.117. The topological polar surface area (TPSA) is 26.3 Å². The SMILES string of the molecule is COC1(C(=O)C(C)C)C=CC(C)=C1C. The highest BCUT2D eigenvalue weighted by molar-refractivity contribution is 5.95. The molecule has 0 amide bonds. The Kier molecular flexibility index (Phi) is 2.95. The second-order valence-electron chi connectivity index (χ2n) is 4.10. The summed E-state index contributed by atoms with van der Waals surface area (Å²) in [5, 5.41) is 0. The van der Waals surface area contributed by atoms with Gasteiger partial charge in [-0.2, -0.15) is 0 Å². The van der Waals surface area contributed by atoms with Gasteiger partial charge in [0, 0.05) is 13.0 Å². The molecule has 0 N–H and O–H groups in total. The van der Waals surface area contributed by atoms with Crippen molar-refractivity contribution < 1.29 is 9.53 Å². The quantitative estimate of drug-likeness (QED) is 0.690. The van der Waals surface area contributed by atoms with Gasteiger partial charge in [-0.05, 0) is 31.1 Å². The number of carbonyl (C=O) groups is 1. The summed E-state index contributed by atoms with van der Waals surface area (Å²) < 4.78 is 5.41. The molecule has 0 fully saturated rings. The van der Waals surface area contributed by atoms with Crippen LogP contribution in [0.15, 0.2) is 23.3 Å². The summed E-state index contributed by atoms with van der Waals surface area (Å²) in [5.41, 5.74) is 1.35. The zero-order chi connectivity index (χ0) is 10.9. The molecule has 78 valence electrons. The van der Waals surface area contributed by atoms with E-state index in [-0.39, 0.29) is 11.7 Å². The standard InChI is InChI=1S/C12H18O2/c1-8(2)11(13)12(14-5)7-6-9(3)10(12)4/h6-8H,1-5H3. The molecule has 0 radical (unpaired) electrons. The molecule has 1 atom stereocenters. The van der Waals surface area contributed by atoms with Gasteiger partial charge in [-0.1, -0.05) is 19.9 Å². The van der Waals surface area contributed by atoms with Gasteiger partial charge in [0.2, 0.25) is 0 Å². The van der Waals surface area contributed by atoms with E-state index < -0.39 is 5.60 Å². The molecule has 0 saturated carbocycles. The molecule has 14 heavy (non-hydrogen) atoms. The minimum atomic E-state index is -0.793. The Labute approximate surface area is 85.6 Å². The van der Waals surface area contributed by atoms with E-state index in [4.69, 9.17) is 4.74 Å². The third-order valence-electron chi connectivity index (χ3n) is 2.93. The highest BCUT2D eigenvalue weighted by Gasteiger charge is 2.41. The molecule has 0 aromatic rings. The van der Waals surface area contributed by atoms with E-state index >= 15 is 0 Å². The van der Waals surface area contributed by atoms with E-state index in [9.17, 15) is 4.79 Å². The molecule has 1 aliphatic rings. The van der Waals surface area contributed by atoms with Crippen molar-refractivity contribution in [3.63, 3.8) is 0 Å². The van der Waals surface area contributed by atoms with Gasteiger partial charge in [0.1, 0.15) is 0 Å². The lowest BCUT2D eigenvalue weighted by Gasteiger charge is -2.28. The lowest BCUT2D eigenvalue weighted by molar-refractivity contribution is -0.135. The summed E-state index contributed by atoms with van der Waals surface area (Å²) in [6.07, 6.45) is 3.82. The number of carbonyl (C=O) groups excluding carboxylic acids is 1. The van der Waals surface area contributed by atoms with Crippen LogP contribution in [0, 0.1) is 5.92 Å². The largest absolute Gasteiger partial charge is 0.362 e. The fourth-order valence-corrected chi connectivity index (χ4v) is 1.80. The predicted octanol–water partition coefficient (Wildman–Crippen LogP) is 2.50. The Morgan fingerprint density at radius 2 is 2.00 bits per heavy atom. The van der Waals surface area contributed by atoms with Crippen molar-refractivity contribution in [3.05, 3.63) is 23.3 Å². The highest BCUT2D eigenvalue weighted by atomic mass is 16.5. The zero-order valence-electron chi connectivity index (χ0n) is 9.55. The average molecular weight is 194 g/mol. The third kappa shape index (κ3) is 1.44. The second-order valence-corrected chi connectivity index (χ2v) is 4.10. The molecule has 0 bridgehead atoms. The van der Waals surface area contributed by atoms with Crippen LogP contribution in [0.4, 0.5) is 0 Å². The van der Waals surface area contributed by atoms with Crippen molar-refractivity contribution in [3.8, 4) is 0 Å². The van der Waals surface area contributed by atoms with Gasteiger partial charge < -0.3 is 4.74 Å². The lowest BCUT2D eigenvalue weighted by Crippen LogP contribution is -2.41. The highest BCUT2D eigenvalue weighted by Crippen LogP contribution is 2.34. The van der Waals surface area contributed by atoms with E-state index in [1.54, 1.807) is 7.11 Å². The summed E-state index contributed by atoms with van der Waals surface area (Å²) in [6, 6.07) is 0. The summed E-state index contributed by atoms with van der Waals surface area (Å²) in [6.45, 7) is 7.76. The number of ether oxygens (including phenoxy) is 1. The maximum absolute atomic E-state index is 12.0. The van der Waals surface area contributed by atoms with Crippen molar-refractivity contribution in [2.45, 2.75) is 33.3 Å². The fraction of sp³-hybridized carbons (Fsp3) is 0.583. The molecular weight excluding hydrogens is 176 g/mol. The Hall–Kier alpha value is -0.890. The number of hydrogen-bond donors (Lipinski definition) is 0. The Morgan fingerprint density at radius 3 is 2.29 bits per heavy atom. The molecule has 2 heteroatoms. The van der Waals surface area contributed by atoms with Gasteiger partial charge in [-0.15, -0.1) is 0 Å². The second kappa shape index (κ2) is 3.70. The Morgan fingerprint density at radius 1 is 1.43 bits per heavy atom. The van der Waals surface area contributed by atoms with Crippen LogP contribution in [0.2, 0.25) is 0 Å². The molecule has 0 aromatic carbocycles. The van der Waals surface area contributed by atoms with Crippen LogP contribution in [0.1, 0.15) is 27.7 Å². The van der Waals surface area contributed by atoms with E-state index in [0.717, 1.165) is 11.1 Å². The van der Waals surface area contributed by atoms with Gasteiger partial charge in [-0.25, -0.2) is 0 Å². The molecule has 2 nitrogen and oxygen atoms in total. The lowest BCUT2D eigenvalue weighted by atomic mass is 9.86. The third-order valence-corrected chi connectivity index (χ3v) is 2.93. The van der Waals surface area contributed by atoms with Crippen LogP contribution >= 0.6 is 0 Å². The van der Waals surface area contributed by atoms with Crippen LogP contribution in [-0.4, -0.2) is 18.5 Å². The van der Waals surface area contributed by atoms with Crippen LogP contribution < -0.4 is 0 Å². The zero-order valence-corrected chi connectivity index (χ0v) is 9.55. The molecular formula is C12H18O2. The number of rotatable bonds is 3. The smallest absolute Gasteiger partial charge is 0.175 e. The van der Waals surface area contributed by atoms with Gasteiger partial charge in [0.05, 0.1) is 0 Å². The molecule has 0 spiro atoms. The van der Waals surface area contributed by atoms with Gasteiger partial charge in [-0.3, -0.25) is 4.79 Å². The van der Waals surface area contributed by atoms with Crippen LogP contribution in [-0.2, 0) is 9.53 Å². The number of Topliss-reactive ketones (excluding diaryl/α,β-unsaturated/α-hetero) is 1. The van der Waals surface area contributed by atoms with E-state index in [0.29, 0.717) is 0 Å². The van der Waals surface area contributed by atoms with Crippen molar-refractivity contribution in [1.82, 2.24) is 0 Å². The van der Waals surface area contributed by atoms with Crippen molar-refractivity contribution in [2.24, 2.45) is 5.92 Å². The number of hydrogen-bond acceptors (Lipinski definition) is 2. The molecule has 0 aromatic heterocycles. The monoisotopic (exact) mass is 194 g/mol. The first-order valence-corrected chi connectivity index (χ1v) is 4.92. The number of methoxy groups -OCH3 is 1. The average Bonchev–Trinajstić information content (AvgIpc) is 2.44. The maximum atomic E-state index is 12.0. The van der Waals surface area contributed by atoms with E-state index in [1.807, 2.05) is 39.8 Å².